The van der Waals surface area contributed by atoms with Crippen LogP contribution in [0.4, 0.5) is 8.78 Å². The first-order chi connectivity index (χ1) is 7.59. The second kappa shape index (κ2) is 3.85. The molecule has 1 aromatic rings. The molecule has 0 aromatic heterocycles. The zero-order valence-electron chi connectivity index (χ0n) is 8.87. The van der Waals surface area contributed by atoms with Crippen molar-refractivity contribution in [1.82, 2.24) is 0 Å². The maximum absolute atomic E-state index is 13.5. The van der Waals surface area contributed by atoms with Crippen LogP contribution in [0.15, 0.2) is 18.2 Å². The third kappa shape index (κ3) is 1.68. The number of benzene rings is 1. The minimum Gasteiger partial charge on any atom is -0.481 e. The Balaban J connectivity index is 2.50. The molecule has 16 heavy (non-hydrogen) atoms. The van der Waals surface area contributed by atoms with Crippen LogP contribution in [0, 0.1) is 5.82 Å². The topological polar surface area (TPSA) is 26.3 Å². The van der Waals surface area contributed by atoms with E-state index in [1.807, 2.05) is 0 Å². The van der Waals surface area contributed by atoms with Gasteiger partial charge in [0, 0.05) is 17.9 Å². The number of rotatable bonds is 2. The highest BCUT2D eigenvalue weighted by atomic mass is 19.1. The summed E-state index contributed by atoms with van der Waals surface area (Å²) in [6.07, 6.45) is 0.957. The van der Waals surface area contributed by atoms with Crippen LogP contribution in [-0.4, -0.2) is 18.6 Å². The van der Waals surface area contributed by atoms with E-state index in [9.17, 15) is 13.6 Å². The molecule has 0 fully saturated rings. The average molecular weight is 226 g/mol. The van der Waals surface area contributed by atoms with Gasteiger partial charge in [-0.15, -0.1) is 0 Å². The molecule has 2 unspecified atom stereocenters. The van der Waals surface area contributed by atoms with Crippen molar-refractivity contribution in [2.45, 2.75) is 24.9 Å². The normalized spacial score (nSPS) is 28.1. The van der Waals surface area contributed by atoms with Gasteiger partial charge in [0.1, 0.15) is 18.6 Å². The number of carbonyl (C=O) groups excluding carboxylic acids is 1. The Hall–Kier alpha value is -1.45. The van der Waals surface area contributed by atoms with Gasteiger partial charge in [0.25, 0.3) is 0 Å². The summed E-state index contributed by atoms with van der Waals surface area (Å²) in [7, 11) is 0. The van der Waals surface area contributed by atoms with Crippen molar-refractivity contribution >= 4 is 6.29 Å². The summed E-state index contributed by atoms with van der Waals surface area (Å²) in [5.74, 6) is -1.05. The summed E-state index contributed by atoms with van der Waals surface area (Å²) in [4.78, 5) is 10.9. The predicted molar refractivity (Wildman–Crippen MR) is 54.8 cm³/mol. The second-order valence-corrected chi connectivity index (χ2v) is 4.29. The zero-order chi connectivity index (χ0) is 11.8. The van der Waals surface area contributed by atoms with Crippen molar-refractivity contribution in [3.05, 3.63) is 29.6 Å². The molecular weight excluding hydrogens is 214 g/mol. The van der Waals surface area contributed by atoms with E-state index in [0.29, 0.717) is 11.8 Å². The van der Waals surface area contributed by atoms with Crippen molar-refractivity contribution in [3.63, 3.8) is 0 Å². The highest BCUT2D eigenvalue weighted by Crippen LogP contribution is 2.41. The molecule has 0 bridgehead atoms. The fraction of sp³-hybridized carbons (Fsp3) is 0.417. The Morgan fingerprint density at radius 3 is 3.00 bits per heavy atom. The van der Waals surface area contributed by atoms with Gasteiger partial charge in [-0.1, -0.05) is 12.1 Å². The fourth-order valence-corrected chi connectivity index (χ4v) is 1.99. The number of aldehydes is 1. The van der Waals surface area contributed by atoms with Crippen molar-refractivity contribution in [2.75, 3.05) is 6.67 Å². The van der Waals surface area contributed by atoms with Crippen LogP contribution in [0.3, 0.4) is 0 Å². The van der Waals surface area contributed by atoms with Crippen LogP contribution in [0.5, 0.6) is 5.75 Å². The summed E-state index contributed by atoms with van der Waals surface area (Å²) in [6, 6.07) is 4.39. The minimum atomic E-state index is -1.11. The van der Waals surface area contributed by atoms with Crippen LogP contribution in [0.25, 0.3) is 0 Å². The molecule has 0 saturated heterocycles. The number of ether oxygens (including phenoxy) is 1. The smallest absolute Gasteiger partial charge is 0.165 e. The summed E-state index contributed by atoms with van der Waals surface area (Å²) in [5.41, 5.74) is -0.609. The summed E-state index contributed by atoms with van der Waals surface area (Å²) in [5, 5.41) is 0. The van der Waals surface area contributed by atoms with Crippen molar-refractivity contribution in [1.29, 1.82) is 0 Å². The van der Waals surface area contributed by atoms with Crippen LogP contribution < -0.4 is 4.74 Å². The third-order valence-electron chi connectivity index (χ3n) is 2.84. The first-order valence-electron chi connectivity index (χ1n) is 5.08. The lowest BCUT2D eigenvalue weighted by atomic mass is 9.85. The maximum atomic E-state index is 13.5. The molecule has 0 N–H and O–H groups in total. The third-order valence-corrected chi connectivity index (χ3v) is 2.84. The Kier molecular flexibility index (Phi) is 2.66. The molecule has 0 amide bonds. The molecule has 1 heterocycles. The lowest BCUT2D eigenvalue weighted by molar-refractivity contribution is -0.111. The summed E-state index contributed by atoms with van der Waals surface area (Å²) in [6.45, 7) is 0.796. The van der Waals surface area contributed by atoms with E-state index in [1.165, 1.54) is 12.1 Å². The standard InChI is InChI=1S/C12H12F2O2/c1-12(7-13)5-8(6-15)9-3-2-4-10(14)11(9)16-12/h2-4,6,8H,5,7H2,1H3. The Morgan fingerprint density at radius 1 is 1.62 bits per heavy atom. The van der Waals surface area contributed by atoms with Gasteiger partial charge in [-0.2, -0.15) is 0 Å². The molecule has 0 spiro atoms. The van der Waals surface area contributed by atoms with E-state index in [0.717, 1.165) is 0 Å². The molecular formula is C12H12F2O2. The van der Waals surface area contributed by atoms with Gasteiger partial charge in [0.2, 0.25) is 0 Å². The molecule has 0 saturated carbocycles. The number of halogens is 2. The number of hydrogen-bond donors (Lipinski definition) is 0. The van der Waals surface area contributed by atoms with E-state index < -0.39 is 24.0 Å². The highest BCUT2D eigenvalue weighted by molar-refractivity contribution is 5.65. The SMILES string of the molecule is CC1(CF)CC(C=O)c2cccc(F)c2O1. The van der Waals surface area contributed by atoms with Gasteiger partial charge in [-0.05, 0) is 13.0 Å². The highest BCUT2D eigenvalue weighted by Gasteiger charge is 2.38. The van der Waals surface area contributed by atoms with Crippen LogP contribution in [0.1, 0.15) is 24.8 Å². The molecule has 86 valence electrons. The van der Waals surface area contributed by atoms with E-state index in [2.05, 4.69) is 0 Å². The lowest BCUT2D eigenvalue weighted by Gasteiger charge is -2.36. The molecule has 1 aliphatic heterocycles. The van der Waals surface area contributed by atoms with Crippen LogP contribution in [-0.2, 0) is 4.79 Å². The zero-order valence-corrected chi connectivity index (χ0v) is 8.87. The van der Waals surface area contributed by atoms with E-state index in [1.54, 1.807) is 13.0 Å². The van der Waals surface area contributed by atoms with Crippen LogP contribution in [0.2, 0.25) is 0 Å². The van der Waals surface area contributed by atoms with Crippen molar-refractivity contribution in [2.24, 2.45) is 0 Å². The number of hydrogen-bond acceptors (Lipinski definition) is 2. The first kappa shape index (κ1) is 11.0. The molecule has 2 rings (SSSR count). The largest absolute Gasteiger partial charge is 0.481 e. The molecule has 0 aliphatic carbocycles. The van der Waals surface area contributed by atoms with Gasteiger partial charge in [-0.25, -0.2) is 8.78 Å². The first-order valence-corrected chi connectivity index (χ1v) is 5.08. The monoisotopic (exact) mass is 226 g/mol. The van der Waals surface area contributed by atoms with Crippen molar-refractivity contribution in [3.8, 4) is 5.75 Å². The number of carbonyl (C=O) groups is 1. The van der Waals surface area contributed by atoms with Gasteiger partial charge in [0.15, 0.2) is 11.6 Å². The maximum Gasteiger partial charge on any atom is 0.165 e. The quantitative estimate of drug-likeness (QED) is 0.724. The van der Waals surface area contributed by atoms with Gasteiger partial charge >= 0.3 is 0 Å². The predicted octanol–water partition coefficient (Wildman–Crippen LogP) is 2.62. The van der Waals surface area contributed by atoms with Crippen LogP contribution >= 0.6 is 0 Å². The second-order valence-electron chi connectivity index (χ2n) is 4.29. The number of fused-ring (bicyclic) bond motifs is 1. The Morgan fingerprint density at radius 2 is 2.38 bits per heavy atom. The van der Waals surface area contributed by atoms with Gasteiger partial charge in [0.05, 0.1) is 0 Å². The molecule has 1 aromatic carbocycles. The molecule has 4 heteroatoms. The van der Waals surface area contributed by atoms with E-state index in [-0.39, 0.29) is 12.2 Å². The lowest BCUT2D eigenvalue weighted by Crippen LogP contribution is -2.40. The molecule has 0 radical (unpaired) electrons. The Labute approximate surface area is 92.2 Å². The molecule has 2 nitrogen and oxygen atoms in total. The molecule has 1 aliphatic rings. The summed E-state index contributed by atoms with van der Waals surface area (Å²) >= 11 is 0. The number of alkyl halides is 1. The van der Waals surface area contributed by atoms with E-state index in [4.69, 9.17) is 4.74 Å². The van der Waals surface area contributed by atoms with Crippen molar-refractivity contribution < 1.29 is 18.3 Å². The molecule has 2 atom stereocenters. The number of para-hydroxylation sites is 1. The van der Waals surface area contributed by atoms with E-state index >= 15 is 0 Å². The Bertz CT molecular complexity index is 419. The van der Waals surface area contributed by atoms with Gasteiger partial charge < -0.3 is 9.53 Å². The van der Waals surface area contributed by atoms with Gasteiger partial charge in [-0.3, -0.25) is 0 Å². The minimum absolute atomic E-state index is 0.00556. The average Bonchev–Trinajstić information content (AvgIpc) is 2.30. The fourth-order valence-electron chi connectivity index (χ4n) is 1.99. The summed E-state index contributed by atoms with van der Waals surface area (Å²) < 4.78 is 31.7.